The van der Waals surface area contributed by atoms with E-state index in [1.165, 1.54) is 12.1 Å². The Labute approximate surface area is 156 Å². The van der Waals surface area contributed by atoms with Gasteiger partial charge in [0.2, 0.25) is 11.8 Å². The zero-order valence-corrected chi connectivity index (χ0v) is 15.3. The maximum Gasteiger partial charge on any atom is 0.233 e. The van der Waals surface area contributed by atoms with Gasteiger partial charge in [0.05, 0.1) is 17.5 Å². The maximum atomic E-state index is 13.3. The van der Waals surface area contributed by atoms with Crippen LogP contribution in [0.3, 0.4) is 0 Å². The summed E-state index contributed by atoms with van der Waals surface area (Å²) in [6.07, 6.45) is 2.48. The number of halogens is 1. The molecule has 6 heteroatoms. The number of likely N-dealkylation sites (tertiary alicyclic amines) is 1. The van der Waals surface area contributed by atoms with Crippen molar-refractivity contribution in [1.29, 1.82) is 0 Å². The Morgan fingerprint density at radius 3 is 2.62 bits per heavy atom. The molecule has 0 atom stereocenters. The number of amides is 2. The van der Waals surface area contributed by atoms with Gasteiger partial charge in [0.25, 0.3) is 0 Å². The fraction of sp³-hybridized carbons (Fsp3) is 0.400. The van der Waals surface area contributed by atoms with Crippen molar-refractivity contribution in [3.8, 4) is 0 Å². The first-order chi connectivity index (χ1) is 12.6. The molecule has 2 aromatic rings. The van der Waals surface area contributed by atoms with Crippen LogP contribution in [-0.4, -0.2) is 36.3 Å². The number of hydrogen-bond acceptors (Lipinski definition) is 3. The van der Waals surface area contributed by atoms with Crippen molar-refractivity contribution < 1.29 is 14.0 Å². The van der Waals surface area contributed by atoms with E-state index in [9.17, 15) is 14.0 Å². The molecule has 2 saturated heterocycles. The molecule has 1 aromatic carbocycles. The molecule has 0 N–H and O–H groups in total. The highest BCUT2D eigenvalue weighted by Gasteiger charge is 2.48. The van der Waals surface area contributed by atoms with E-state index in [1.807, 2.05) is 26.6 Å². The fourth-order valence-electron chi connectivity index (χ4n) is 4.06. The lowest BCUT2D eigenvalue weighted by Gasteiger charge is -2.38. The van der Waals surface area contributed by atoms with Crippen LogP contribution in [0.25, 0.3) is 0 Å². The molecule has 2 aliphatic heterocycles. The van der Waals surface area contributed by atoms with E-state index in [1.54, 1.807) is 23.5 Å². The lowest BCUT2D eigenvalue weighted by Crippen LogP contribution is -2.47. The van der Waals surface area contributed by atoms with Gasteiger partial charge in [0, 0.05) is 25.0 Å². The molecule has 0 saturated carbocycles. The standard InChI is InChI=1S/C20H21FN2O2S/c21-16-3-1-2-15(12-16)13-18(24)22-8-5-20(6-9-22)7-10-23(19(20)25)17-4-11-26-14-17/h1-4,11-12,14H,5-10,13H2. The van der Waals surface area contributed by atoms with Crippen LogP contribution in [-0.2, 0) is 16.0 Å². The highest BCUT2D eigenvalue weighted by molar-refractivity contribution is 7.08. The molecular weight excluding hydrogens is 351 g/mol. The van der Waals surface area contributed by atoms with E-state index in [0.29, 0.717) is 31.5 Å². The van der Waals surface area contributed by atoms with Crippen molar-refractivity contribution in [2.75, 3.05) is 24.5 Å². The molecule has 0 aliphatic carbocycles. The molecule has 3 heterocycles. The number of rotatable bonds is 3. The van der Waals surface area contributed by atoms with Gasteiger partial charge in [-0.25, -0.2) is 4.39 Å². The van der Waals surface area contributed by atoms with Gasteiger partial charge >= 0.3 is 0 Å². The predicted octanol–water partition coefficient (Wildman–Crippen LogP) is 3.48. The summed E-state index contributed by atoms with van der Waals surface area (Å²) in [5, 5.41) is 4.00. The largest absolute Gasteiger partial charge is 0.342 e. The first kappa shape index (κ1) is 17.2. The van der Waals surface area contributed by atoms with Gasteiger partial charge in [-0.2, -0.15) is 11.3 Å². The molecule has 2 aliphatic rings. The number of thiophene rings is 1. The molecular formula is C20H21FN2O2S. The van der Waals surface area contributed by atoms with Gasteiger partial charge in [-0.3, -0.25) is 9.59 Å². The second-order valence-electron chi connectivity index (χ2n) is 7.16. The zero-order valence-electron chi connectivity index (χ0n) is 14.5. The van der Waals surface area contributed by atoms with E-state index in [4.69, 9.17) is 0 Å². The summed E-state index contributed by atoms with van der Waals surface area (Å²) in [7, 11) is 0. The van der Waals surface area contributed by atoms with E-state index >= 15 is 0 Å². The lowest BCUT2D eigenvalue weighted by molar-refractivity contribution is -0.137. The van der Waals surface area contributed by atoms with Crippen molar-refractivity contribution in [3.05, 3.63) is 52.5 Å². The Kier molecular flexibility index (Phi) is 4.53. The van der Waals surface area contributed by atoms with Crippen LogP contribution in [0, 0.1) is 11.2 Å². The number of anilines is 1. The molecule has 0 radical (unpaired) electrons. The topological polar surface area (TPSA) is 40.6 Å². The molecule has 1 spiro atoms. The van der Waals surface area contributed by atoms with Crippen molar-refractivity contribution >= 4 is 28.8 Å². The Morgan fingerprint density at radius 2 is 1.92 bits per heavy atom. The highest BCUT2D eigenvalue weighted by atomic mass is 32.1. The Morgan fingerprint density at radius 1 is 1.15 bits per heavy atom. The smallest absolute Gasteiger partial charge is 0.233 e. The first-order valence-corrected chi connectivity index (χ1v) is 9.88. The van der Waals surface area contributed by atoms with Gasteiger partial charge in [-0.05, 0) is 48.4 Å². The third-order valence-electron chi connectivity index (χ3n) is 5.65. The van der Waals surface area contributed by atoms with Crippen LogP contribution < -0.4 is 4.90 Å². The fourth-order valence-corrected chi connectivity index (χ4v) is 4.70. The predicted molar refractivity (Wildman–Crippen MR) is 99.6 cm³/mol. The number of carbonyl (C=O) groups is 2. The summed E-state index contributed by atoms with van der Waals surface area (Å²) in [5.41, 5.74) is 1.36. The molecule has 2 fully saturated rings. The van der Waals surface area contributed by atoms with Crippen molar-refractivity contribution in [2.45, 2.75) is 25.7 Å². The summed E-state index contributed by atoms with van der Waals surface area (Å²) < 4.78 is 13.3. The van der Waals surface area contributed by atoms with E-state index in [-0.39, 0.29) is 29.5 Å². The second kappa shape index (κ2) is 6.83. The minimum Gasteiger partial charge on any atom is -0.342 e. The van der Waals surface area contributed by atoms with Crippen molar-refractivity contribution in [3.63, 3.8) is 0 Å². The van der Waals surface area contributed by atoms with E-state index in [0.717, 1.165) is 18.7 Å². The van der Waals surface area contributed by atoms with Crippen LogP contribution in [0.2, 0.25) is 0 Å². The molecule has 136 valence electrons. The Balaban J connectivity index is 1.38. The summed E-state index contributed by atoms with van der Waals surface area (Å²) >= 11 is 1.60. The van der Waals surface area contributed by atoms with Gasteiger partial charge in [-0.15, -0.1) is 0 Å². The average Bonchev–Trinajstić information content (AvgIpc) is 3.25. The summed E-state index contributed by atoms with van der Waals surface area (Å²) in [4.78, 5) is 29.2. The molecule has 26 heavy (non-hydrogen) atoms. The quantitative estimate of drug-likeness (QED) is 0.828. The summed E-state index contributed by atoms with van der Waals surface area (Å²) in [6, 6.07) is 8.16. The van der Waals surface area contributed by atoms with Gasteiger partial charge in [0.1, 0.15) is 5.82 Å². The van der Waals surface area contributed by atoms with Gasteiger partial charge < -0.3 is 9.80 Å². The van der Waals surface area contributed by atoms with Crippen molar-refractivity contribution in [1.82, 2.24) is 4.90 Å². The molecule has 4 rings (SSSR count). The van der Waals surface area contributed by atoms with Crippen LogP contribution in [0.1, 0.15) is 24.8 Å². The molecule has 2 amide bonds. The van der Waals surface area contributed by atoms with E-state index < -0.39 is 0 Å². The summed E-state index contributed by atoms with van der Waals surface area (Å²) in [6.45, 7) is 1.95. The van der Waals surface area contributed by atoms with Crippen LogP contribution in [0.5, 0.6) is 0 Å². The average molecular weight is 372 g/mol. The normalized spacial score (nSPS) is 19.3. The summed E-state index contributed by atoms with van der Waals surface area (Å²) in [5.74, 6) is -0.114. The second-order valence-corrected chi connectivity index (χ2v) is 7.94. The van der Waals surface area contributed by atoms with Crippen LogP contribution >= 0.6 is 11.3 Å². The van der Waals surface area contributed by atoms with E-state index in [2.05, 4.69) is 0 Å². The third kappa shape index (κ3) is 3.14. The highest BCUT2D eigenvalue weighted by Crippen LogP contribution is 2.43. The monoisotopic (exact) mass is 372 g/mol. The minimum absolute atomic E-state index is 0.00517. The SMILES string of the molecule is O=C(Cc1cccc(F)c1)N1CCC2(CC1)CCN(c1ccsc1)C2=O. The minimum atomic E-state index is -0.322. The zero-order chi connectivity index (χ0) is 18.1. The number of carbonyl (C=O) groups excluding carboxylic acids is 2. The Hall–Kier alpha value is -2.21. The number of nitrogens with zero attached hydrogens (tertiary/aromatic N) is 2. The number of piperidine rings is 1. The first-order valence-electron chi connectivity index (χ1n) is 8.94. The van der Waals surface area contributed by atoms with Crippen LogP contribution in [0.4, 0.5) is 10.1 Å². The molecule has 0 unspecified atom stereocenters. The molecule has 1 aromatic heterocycles. The maximum absolute atomic E-state index is 13.3. The molecule has 4 nitrogen and oxygen atoms in total. The Bertz CT molecular complexity index is 813. The van der Waals surface area contributed by atoms with Gasteiger partial charge in [0.15, 0.2) is 0 Å². The number of benzene rings is 1. The van der Waals surface area contributed by atoms with Crippen molar-refractivity contribution in [2.24, 2.45) is 5.41 Å². The number of hydrogen-bond donors (Lipinski definition) is 0. The third-order valence-corrected chi connectivity index (χ3v) is 6.32. The van der Waals surface area contributed by atoms with Gasteiger partial charge in [-0.1, -0.05) is 12.1 Å². The molecule has 0 bridgehead atoms. The van der Waals surface area contributed by atoms with Crippen LogP contribution in [0.15, 0.2) is 41.1 Å². The lowest BCUT2D eigenvalue weighted by atomic mass is 9.77.